The molecule has 0 aliphatic carbocycles. The first-order valence-corrected chi connectivity index (χ1v) is 13.2. The molecule has 0 aromatic heterocycles. The molecule has 1 fully saturated rings. The first kappa shape index (κ1) is 20.1. The summed E-state index contributed by atoms with van der Waals surface area (Å²) in [6.45, 7) is 8.81. The minimum absolute atomic E-state index is 0.150. The quantitative estimate of drug-likeness (QED) is 0.434. The second-order valence-corrected chi connectivity index (χ2v) is 14.0. The molecular formula is C21H26N2O4Si. The summed E-state index contributed by atoms with van der Waals surface area (Å²) >= 11 is 0. The van der Waals surface area contributed by atoms with Gasteiger partial charge in [-0.1, -0.05) is 50.8 Å². The van der Waals surface area contributed by atoms with Crippen molar-refractivity contribution in [2.75, 3.05) is 6.61 Å². The van der Waals surface area contributed by atoms with E-state index in [2.05, 4.69) is 19.6 Å². The van der Waals surface area contributed by atoms with Gasteiger partial charge in [0.05, 0.1) is 24.1 Å². The molecule has 2 aliphatic heterocycles. The van der Waals surface area contributed by atoms with E-state index >= 15 is 0 Å². The Kier molecular flexibility index (Phi) is 5.56. The van der Waals surface area contributed by atoms with Gasteiger partial charge in [0.2, 0.25) is 5.91 Å². The molecule has 0 saturated carbocycles. The maximum atomic E-state index is 13.0. The fourth-order valence-corrected chi connectivity index (χ4v) is 3.81. The van der Waals surface area contributed by atoms with Crippen LogP contribution in [-0.4, -0.2) is 48.5 Å². The number of amides is 2. The molecule has 2 heterocycles. The summed E-state index contributed by atoms with van der Waals surface area (Å²) in [6, 6.07) is 9.31. The Morgan fingerprint density at radius 3 is 2.46 bits per heavy atom. The van der Waals surface area contributed by atoms with Crippen molar-refractivity contribution in [3.05, 3.63) is 59.8 Å². The molecule has 0 radical (unpaired) electrons. The number of β-lactam (4-membered cyclic amide) rings is 1. The highest BCUT2D eigenvalue weighted by atomic mass is 28.3. The molecule has 6 nitrogen and oxygen atoms in total. The number of rotatable bonds is 5. The smallest absolute Gasteiger partial charge is 0.339 e. The summed E-state index contributed by atoms with van der Waals surface area (Å²) in [6.07, 6.45) is 4.85. The van der Waals surface area contributed by atoms with Crippen molar-refractivity contribution in [3.8, 4) is 0 Å². The highest BCUT2D eigenvalue weighted by Crippen LogP contribution is 2.33. The third-order valence-electron chi connectivity index (χ3n) is 4.93. The highest BCUT2D eigenvalue weighted by molar-refractivity contribution is 6.76. The largest absolute Gasteiger partial charge is 0.462 e. The summed E-state index contributed by atoms with van der Waals surface area (Å²) < 4.78 is 5.43. The minimum Gasteiger partial charge on any atom is -0.462 e. The fourth-order valence-electron chi connectivity index (χ4n) is 3.09. The van der Waals surface area contributed by atoms with Gasteiger partial charge < -0.3 is 4.74 Å². The Hall–Kier alpha value is -2.67. The normalized spacial score (nSPS) is 21.4. The van der Waals surface area contributed by atoms with Crippen molar-refractivity contribution >= 4 is 25.9 Å². The van der Waals surface area contributed by atoms with E-state index in [1.54, 1.807) is 36.4 Å². The number of ether oxygens (including phenoxy) is 1. The number of benzene rings is 1. The maximum absolute atomic E-state index is 13.0. The zero-order valence-corrected chi connectivity index (χ0v) is 17.7. The van der Waals surface area contributed by atoms with Crippen LogP contribution in [0.3, 0.4) is 0 Å². The Labute approximate surface area is 166 Å². The van der Waals surface area contributed by atoms with Crippen LogP contribution >= 0.6 is 0 Å². The highest BCUT2D eigenvalue weighted by Gasteiger charge is 2.48. The zero-order valence-electron chi connectivity index (χ0n) is 16.7. The van der Waals surface area contributed by atoms with E-state index in [0.717, 1.165) is 6.04 Å². The Morgan fingerprint density at radius 2 is 1.82 bits per heavy atom. The van der Waals surface area contributed by atoms with Crippen LogP contribution in [0.1, 0.15) is 17.3 Å². The van der Waals surface area contributed by atoms with Crippen molar-refractivity contribution < 1.29 is 19.1 Å². The number of hydrogen-bond donors (Lipinski definition) is 0. The fraction of sp³-hybridized carbons (Fsp3) is 0.381. The number of hydrazine groups is 1. The van der Waals surface area contributed by atoms with Gasteiger partial charge in [0.15, 0.2) is 0 Å². The van der Waals surface area contributed by atoms with Gasteiger partial charge in [-0.05, 0) is 24.3 Å². The van der Waals surface area contributed by atoms with E-state index < -0.39 is 14.0 Å². The molecule has 0 N–H and O–H groups in total. The van der Waals surface area contributed by atoms with Crippen LogP contribution in [0.15, 0.2) is 54.3 Å². The summed E-state index contributed by atoms with van der Waals surface area (Å²) in [4.78, 5) is 38.0. The van der Waals surface area contributed by atoms with Gasteiger partial charge in [0.25, 0.3) is 5.91 Å². The van der Waals surface area contributed by atoms with Crippen LogP contribution in [0.2, 0.25) is 25.7 Å². The lowest BCUT2D eigenvalue weighted by molar-refractivity contribution is -0.170. The summed E-state index contributed by atoms with van der Waals surface area (Å²) in [7, 11) is -1.32. The number of carbonyl (C=O) groups excluding carboxylic acids is 3. The van der Waals surface area contributed by atoms with Crippen molar-refractivity contribution in [2.45, 2.75) is 38.7 Å². The van der Waals surface area contributed by atoms with E-state index in [0.29, 0.717) is 12.2 Å². The van der Waals surface area contributed by atoms with Crippen LogP contribution in [0.25, 0.3) is 0 Å². The molecule has 2 atom stereocenters. The van der Waals surface area contributed by atoms with Gasteiger partial charge in [0, 0.05) is 19.8 Å². The third-order valence-corrected chi connectivity index (χ3v) is 6.63. The molecule has 0 spiro atoms. The zero-order chi connectivity index (χ0) is 20.5. The molecule has 148 valence electrons. The molecule has 1 aromatic rings. The Bertz CT molecular complexity index is 842. The summed E-state index contributed by atoms with van der Waals surface area (Å²) in [5, 5.41) is 2.65. The average Bonchev–Trinajstić information content (AvgIpc) is 2.84. The first-order valence-electron chi connectivity index (χ1n) is 9.48. The molecule has 1 saturated heterocycles. The third kappa shape index (κ3) is 4.09. The van der Waals surface area contributed by atoms with E-state index in [4.69, 9.17) is 4.74 Å². The van der Waals surface area contributed by atoms with Crippen LogP contribution in [-0.2, 0) is 14.3 Å². The molecule has 7 heteroatoms. The van der Waals surface area contributed by atoms with E-state index in [1.165, 1.54) is 16.2 Å². The predicted molar refractivity (Wildman–Crippen MR) is 109 cm³/mol. The summed E-state index contributed by atoms with van der Waals surface area (Å²) in [5.41, 5.74) is 0.701. The summed E-state index contributed by atoms with van der Waals surface area (Å²) in [5.74, 6) is -1.23. The van der Waals surface area contributed by atoms with Gasteiger partial charge in [-0.15, -0.1) is 0 Å². The van der Waals surface area contributed by atoms with Crippen LogP contribution in [0.4, 0.5) is 0 Å². The molecule has 28 heavy (non-hydrogen) atoms. The molecule has 2 amide bonds. The Morgan fingerprint density at radius 1 is 1.14 bits per heavy atom. The molecule has 0 unspecified atom stereocenters. The minimum atomic E-state index is -1.32. The van der Waals surface area contributed by atoms with E-state index in [9.17, 15) is 14.4 Å². The average molecular weight is 399 g/mol. The molecule has 1 aromatic carbocycles. The topological polar surface area (TPSA) is 66.9 Å². The molecule has 3 rings (SSSR count). The number of carbonyl (C=O) groups is 3. The van der Waals surface area contributed by atoms with E-state index in [1.807, 2.05) is 13.0 Å². The van der Waals surface area contributed by atoms with Crippen molar-refractivity contribution in [1.29, 1.82) is 0 Å². The predicted octanol–water partition coefficient (Wildman–Crippen LogP) is 3.23. The Balaban J connectivity index is 1.85. The van der Waals surface area contributed by atoms with Gasteiger partial charge >= 0.3 is 5.97 Å². The SMILES string of the molecule is C[C@@H]1C(=O)N2[C@H]1C=CC(C(=O)OCC[Si](C)(C)C)=CN2C(=O)c1ccccc1. The number of fused-ring (bicyclic) bond motifs is 1. The standard InChI is InChI=1S/C21H26N2O4Si/c1-15-18-11-10-17(21(26)27-12-13-28(2,3)4)14-22(23(18)19(15)24)20(25)16-8-6-5-7-9-16/h5-11,14-15,18H,12-13H2,1-4H3/t15-,18-/m0/s1. The van der Waals surface area contributed by atoms with Gasteiger partial charge in [-0.2, -0.15) is 0 Å². The number of nitrogens with zero attached hydrogens (tertiary/aromatic N) is 2. The number of hydrogen-bond acceptors (Lipinski definition) is 4. The monoisotopic (exact) mass is 398 g/mol. The van der Waals surface area contributed by atoms with Crippen molar-refractivity contribution in [3.63, 3.8) is 0 Å². The van der Waals surface area contributed by atoms with Crippen molar-refractivity contribution in [2.24, 2.45) is 5.92 Å². The molecule has 2 aliphatic rings. The van der Waals surface area contributed by atoms with Crippen LogP contribution in [0, 0.1) is 5.92 Å². The van der Waals surface area contributed by atoms with Crippen LogP contribution in [0.5, 0.6) is 0 Å². The van der Waals surface area contributed by atoms with Gasteiger partial charge in [0.1, 0.15) is 0 Å². The van der Waals surface area contributed by atoms with Gasteiger partial charge in [-0.25, -0.2) is 14.8 Å². The molecular weight excluding hydrogens is 372 g/mol. The number of esters is 1. The van der Waals surface area contributed by atoms with Crippen LogP contribution < -0.4 is 0 Å². The van der Waals surface area contributed by atoms with E-state index in [-0.39, 0.29) is 29.3 Å². The van der Waals surface area contributed by atoms with Gasteiger partial charge in [-0.3, -0.25) is 9.59 Å². The lowest BCUT2D eigenvalue weighted by Crippen LogP contribution is -2.65. The lowest BCUT2D eigenvalue weighted by atomic mass is 9.90. The second-order valence-electron chi connectivity index (χ2n) is 8.37. The van der Waals surface area contributed by atoms with Crippen molar-refractivity contribution in [1.82, 2.24) is 10.0 Å². The maximum Gasteiger partial charge on any atom is 0.339 e. The lowest BCUT2D eigenvalue weighted by Gasteiger charge is -2.47. The second kappa shape index (κ2) is 7.75. The first-order chi connectivity index (χ1) is 13.2. The molecule has 0 bridgehead atoms.